The van der Waals surface area contributed by atoms with Crippen LogP contribution in [0.15, 0.2) is 126 Å². The SMILES string of the molecule is CN1c2cccc3cccc(c23)-[n+]2cc(-c3ccccc3)c(-c3ccccc3)cc21.Cc1cc(C)c(S(=O)(=O)[O-])c(C)c1. The number of rotatable bonds is 3. The molecule has 0 atom stereocenters. The van der Waals surface area contributed by atoms with Crippen molar-refractivity contribution in [3.05, 3.63) is 138 Å². The van der Waals surface area contributed by atoms with Gasteiger partial charge in [0, 0.05) is 17.2 Å². The largest absolute Gasteiger partial charge is 0.744 e. The van der Waals surface area contributed by atoms with Crippen molar-refractivity contribution in [1.29, 1.82) is 0 Å². The van der Waals surface area contributed by atoms with E-state index in [-0.39, 0.29) is 4.90 Å². The van der Waals surface area contributed by atoms with Gasteiger partial charge >= 0.3 is 0 Å². The third kappa shape index (κ3) is 5.31. The topological polar surface area (TPSA) is 64.3 Å². The van der Waals surface area contributed by atoms with Gasteiger partial charge in [0.05, 0.1) is 17.3 Å². The third-order valence-electron chi connectivity index (χ3n) is 7.92. The Morgan fingerprint density at radius 2 is 1.23 bits per heavy atom. The van der Waals surface area contributed by atoms with E-state index >= 15 is 0 Å². The molecule has 0 saturated heterocycles. The van der Waals surface area contributed by atoms with Gasteiger partial charge in [-0.2, -0.15) is 4.57 Å². The first-order valence-corrected chi connectivity index (χ1v) is 15.5. The predicted molar refractivity (Wildman–Crippen MR) is 173 cm³/mol. The summed E-state index contributed by atoms with van der Waals surface area (Å²) in [6, 6.07) is 40.2. The molecule has 5 nitrogen and oxygen atoms in total. The predicted octanol–water partition coefficient (Wildman–Crippen LogP) is 8.05. The summed E-state index contributed by atoms with van der Waals surface area (Å²) in [5, 5.41) is 2.56. The van der Waals surface area contributed by atoms with Crippen LogP contribution in [0.2, 0.25) is 0 Å². The summed E-state index contributed by atoms with van der Waals surface area (Å²) in [6.07, 6.45) is 2.30. The molecule has 7 rings (SSSR count). The molecule has 0 N–H and O–H groups in total. The molecule has 0 bridgehead atoms. The lowest BCUT2D eigenvalue weighted by atomic mass is 9.95. The molecular formula is C37H32N2O3S. The second-order valence-electron chi connectivity index (χ2n) is 11.0. The zero-order valence-corrected chi connectivity index (χ0v) is 25.4. The second kappa shape index (κ2) is 11.1. The first-order valence-electron chi connectivity index (χ1n) is 14.1. The van der Waals surface area contributed by atoms with Gasteiger partial charge in [0.2, 0.25) is 0 Å². The minimum atomic E-state index is -4.33. The van der Waals surface area contributed by atoms with E-state index in [1.807, 2.05) is 6.92 Å². The molecule has 1 aliphatic heterocycles. The van der Waals surface area contributed by atoms with Gasteiger partial charge in [-0.3, -0.25) is 0 Å². The highest BCUT2D eigenvalue weighted by atomic mass is 32.2. The summed E-state index contributed by atoms with van der Waals surface area (Å²) in [4.78, 5) is 2.22. The minimum absolute atomic E-state index is 0.0851. The number of aromatic nitrogens is 1. The zero-order valence-electron chi connectivity index (χ0n) is 24.6. The summed E-state index contributed by atoms with van der Waals surface area (Å²) in [6.45, 7) is 5.12. The van der Waals surface area contributed by atoms with Gasteiger partial charge in [0.25, 0.3) is 5.82 Å². The maximum atomic E-state index is 10.8. The molecular weight excluding hydrogens is 552 g/mol. The lowest BCUT2D eigenvalue weighted by molar-refractivity contribution is -0.580. The molecule has 0 saturated carbocycles. The molecule has 1 aliphatic rings. The van der Waals surface area contributed by atoms with Crippen LogP contribution in [0.1, 0.15) is 16.7 Å². The molecule has 0 amide bonds. The van der Waals surface area contributed by atoms with Crippen LogP contribution in [0.25, 0.3) is 38.7 Å². The maximum Gasteiger partial charge on any atom is 0.287 e. The van der Waals surface area contributed by atoms with Crippen molar-refractivity contribution in [1.82, 2.24) is 0 Å². The summed E-state index contributed by atoms with van der Waals surface area (Å²) in [7, 11) is -2.17. The first kappa shape index (κ1) is 28.3. The number of fused-ring (bicyclic) bond motifs is 2. The highest BCUT2D eigenvalue weighted by Gasteiger charge is 2.31. The highest BCUT2D eigenvalue weighted by molar-refractivity contribution is 7.85. The molecule has 0 spiro atoms. The van der Waals surface area contributed by atoms with E-state index in [1.165, 1.54) is 50.2 Å². The molecule has 2 heterocycles. The zero-order chi connectivity index (χ0) is 30.3. The van der Waals surface area contributed by atoms with Gasteiger partial charge in [-0.15, -0.1) is 0 Å². The Morgan fingerprint density at radius 3 is 1.81 bits per heavy atom. The van der Waals surface area contributed by atoms with Gasteiger partial charge in [-0.1, -0.05) is 103 Å². The molecule has 1 aromatic heterocycles. The molecule has 0 fully saturated rings. The molecule has 0 unspecified atom stereocenters. The fourth-order valence-corrected chi connectivity index (χ4v) is 7.07. The van der Waals surface area contributed by atoms with Crippen molar-refractivity contribution < 1.29 is 17.5 Å². The van der Waals surface area contributed by atoms with Crippen LogP contribution < -0.4 is 9.47 Å². The quantitative estimate of drug-likeness (QED) is 0.156. The third-order valence-corrected chi connectivity index (χ3v) is 9.06. The standard InChI is InChI=1S/C28H21N2.C9H12O3S/c1-29-25-16-8-14-22-15-9-17-26(28(22)25)30-19-24(21-12-6-3-7-13-21)23(18-27(29)30)20-10-4-2-5-11-20;1-6-4-7(2)9(8(3)5-6)13(10,11)12/h2-19H,1H3;4-5H,1-3H3,(H,10,11,12)/q+1;/p-1. The van der Waals surface area contributed by atoms with Crippen molar-refractivity contribution >= 4 is 32.4 Å². The van der Waals surface area contributed by atoms with Gasteiger partial charge in [0.15, 0.2) is 0 Å². The molecule has 43 heavy (non-hydrogen) atoms. The van der Waals surface area contributed by atoms with E-state index in [4.69, 9.17) is 0 Å². The number of hydrogen-bond donors (Lipinski definition) is 0. The van der Waals surface area contributed by atoms with Gasteiger partial charge in [-0.05, 0) is 60.5 Å². The fraction of sp³-hybridized carbons (Fsp3) is 0.108. The summed E-state index contributed by atoms with van der Waals surface area (Å²) in [5.41, 5.74) is 9.40. The number of pyridine rings is 1. The highest BCUT2D eigenvalue weighted by Crippen LogP contribution is 2.40. The van der Waals surface area contributed by atoms with Gasteiger partial charge in [0.1, 0.15) is 27.7 Å². The van der Waals surface area contributed by atoms with E-state index in [0.717, 1.165) is 5.56 Å². The Bertz CT molecular complexity index is 2060. The molecule has 214 valence electrons. The Labute approximate surface area is 253 Å². The first-order chi connectivity index (χ1) is 20.6. The van der Waals surface area contributed by atoms with E-state index in [9.17, 15) is 13.0 Å². The molecule has 5 aromatic carbocycles. The van der Waals surface area contributed by atoms with Crippen molar-refractivity contribution in [2.45, 2.75) is 25.7 Å². The molecule has 0 radical (unpaired) electrons. The monoisotopic (exact) mass is 584 g/mol. The second-order valence-corrected chi connectivity index (χ2v) is 12.3. The van der Waals surface area contributed by atoms with Gasteiger partial charge in [-0.25, -0.2) is 13.3 Å². The van der Waals surface area contributed by atoms with Crippen LogP contribution in [0.3, 0.4) is 0 Å². The van der Waals surface area contributed by atoms with Crippen molar-refractivity contribution in [3.8, 4) is 27.9 Å². The van der Waals surface area contributed by atoms with Crippen LogP contribution in [-0.2, 0) is 10.1 Å². The molecule has 6 aromatic rings. The average Bonchev–Trinajstić information content (AvgIpc) is 2.99. The smallest absolute Gasteiger partial charge is 0.287 e. The van der Waals surface area contributed by atoms with Crippen LogP contribution in [0.4, 0.5) is 11.5 Å². The Morgan fingerprint density at radius 1 is 0.674 bits per heavy atom. The van der Waals surface area contributed by atoms with Crippen molar-refractivity contribution in [2.75, 3.05) is 11.9 Å². The molecule has 0 aliphatic carbocycles. The Kier molecular flexibility index (Phi) is 7.34. The van der Waals surface area contributed by atoms with Crippen LogP contribution in [0, 0.1) is 20.8 Å². The van der Waals surface area contributed by atoms with Crippen LogP contribution in [-0.4, -0.2) is 20.0 Å². The average molecular weight is 585 g/mol. The number of anilines is 2. The minimum Gasteiger partial charge on any atom is -0.744 e. The number of nitrogens with zero attached hydrogens (tertiary/aromatic N) is 2. The maximum absolute atomic E-state index is 10.8. The molecule has 6 heteroatoms. The van der Waals surface area contributed by atoms with Crippen LogP contribution in [0.5, 0.6) is 0 Å². The summed E-state index contributed by atoms with van der Waals surface area (Å²) in [5.74, 6) is 1.17. The normalized spacial score (nSPS) is 12.0. The summed E-state index contributed by atoms with van der Waals surface area (Å²) < 4.78 is 34.8. The Balaban J connectivity index is 0.000000214. The number of hydrogen-bond acceptors (Lipinski definition) is 4. The van der Waals surface area contributed by atoms with Crippen molar-refractivity contribution in [2.24, 2.45) is 0 Å². The van der Waals surface area contributed by atoms with Crippen LogP contribution >= 0.6 is 0 Å². The number of aryl methyl sites for hydroxylation is 3. The lowest BCUT2D eigenvalue weighted by Crippen LogP contribution is -2.40. The lowest BCUT2D eigenvalue weighted by Gasteiger charge is -2.25. The van der Waals surface area contributed by atoms with E-state index < -0.39 is 10.1 Å². The van der Waals surface area contributed by atoms with E-state index in [1.54, 1.807) is 26.0 Å². The number of benzene rings is 5. The Hall–Kier alpha value is -4.78. The summed E-state index contributed by atoms with van der Waals surface area (Å²) >= 11 is 0. The van der Waals surface area contributed by atoms with E-state index in [2.05, 4.69) is 126 Å². The fourth-order valence-electron chi connectivity index (χ4n) is 6.16. The van der Waals surface area contributed by atoms with Crippen molar-refractivity contribution in [3.63, 3.8) is 0 Å². The van der Waals surface area contributed by atoms with E-state index in [0.29, 0.717) is 11.1 Å². The van der Waals surface area contributed by atoms with Gasteiger partial charge < -0.3 is 4.55 Å².